The normalized spacial score (nSPS) is 11.7. The molecule has 0 N–H and O–H groups in total. The third kappa shape index (κ3) is 2.90. The van der Waals surface area contributed by atoms with E-state index in [1.54, 1.807) is 0 Å². The van der Waals surface area contributed by atoms with E-state index in [9.17, 15) is 4.79 Å². The molecule has 0 unspecified atom stereocenters. The minimum Gasteiger partial charge on any atom is -0.462 e. The molecule has 0 bridgehead atoms. The minimum absolute atomic E-state index is 0.256. The molecule has 0 saturated heterocycles. The first kappa shape index (κ1) is 19.1. The number of ether oxygens (including phenoxy) is 1. The number of esters is 1. The molecule has 5 aromatic rings. The summed E-state index contributed by atoms with van der Waals surface area (Å²) in [4.78, 5) is 13.2. The van der Waals surface area contributed by atoms with Crippen LogP contribution in [0.1, 0.15) is 30.1 Å². The fraction of sp³-hybridized carbons (Fsp3) is 0.192. The monoisotopic (exact) mass is 459 g/mol. The van der Waals surface area contributed by atoms with Crippen molar-refractivity contribution >= 4 is 65.2 Å². The first-order chi connectivity index (χ1) is 14.6. The van der Waals surface area contributed by atoms with Crippen LogP contribution in [-0.2, 0) is 11.8 Å². The average molecular weight is 460 g/mol. The molecular formula is C26H22BrNO2. The van der Waals surface area contributed by atoms with Crippen LogP contribution in [0.15, 0.2) is 65.1 Å². The number of aromatic nitrogens is 1. The number of nitrogens with zero attached hydrogens (tertiary/aromatic N) is 1. The number of unbranched alkanes of at least 4 members (excludes halogenated alkanes) is 1. The molecule has 0 spiro atoms. The van der Waals surface area contributed by atoms with Crippen molar-refractivity contribution in [2.24, 2.45) is 7.05 Å². The molecule has 150 valence electrons. The summed E-state index contributed by atoms with van der Waals surface area (Å²) in [6, 6.07) is 20.9. The van der Waals surface area contributed by atoms with Crippen molar-refractivity contribution in [3.05, 3.63) is 70.7 Å². The van der Waals surface area contributed by atoms with E-state index in [-0.39, 0.29) is 5.97 Å². The van der Waals surface area contributed by atoms with Gasteiger partial charge in [-0.2, -0.15) is 0 Å². The van der Waals surface area contributed by atoms with Crippen molar-refractivity contribution < 1.29 is 9.53 Å². The molecule has 0 saturated carbocycles. The van der Waals surface area contributed by atoms with Crippen LogP contribution in [0.2, 0.25) is 0 Å². The average Bonchev–Trinajstić information content (AvgIpc) is 3.05. The predicted octanol–water partition coefficient (Wildman–Crippen LogP) is 7.36. The molecule has 1 heterocycles. The molecule has 4 aromatic carbocycles. The summed E-state index contributed by atoms with van der Waals surface area (Å²) >= 11 is 3.62. The standard InChI is InChI=1S/C26H22BrNO2/c1-3-4-13-30-26(29)22-15-20-18-8-6-5-7-16(18)9-11-19(20)24-21-14-17(27)10-12-23(21)28(2)25(22)24/h5-12,14-15H,3-4,13H2,1-2H3. The van der Waals surface area contributed by atoms with Gasteiger partial charge in [0.05, 0.1) is 17.7 Å². The molecule has 0 atom stereocenters. The van der Waals surface area contributed by atoms with Gasteiger partial charge in [0.25, 0.3) is 0 Å². The number of carbonyl (C=O) groups is 1. The second kappa shape index (κ2) is 7.44. The molecule has 0 radical (unpaired) electrons. The van der Waals surface area contributed by atoms with E-state index in [2.05, 4.69) is 63.8 Å². The van der Waals surface area contributed by atoms with Crippen LogP contribution < -0.4 is 0 Å². The summed E-state index contributed by atoms with van der Waals surface area (Å²) < 4.78 is 8.78. The molecule has 0 aliphatic rings. The number of hydrogen-bond donors (Lipinski definition) is 0. The van der Waals surface area contributed by atoms with E-state index in [0.717, 1.165) is 60.7 Å². The molecule has 0 aliphatic heterocycles. The van der Waals surface area contributed by atoms with Crippen molar-refractivity contribution in [1.82, 2.24) is 4.57 Å². The van der Waals surface area contributed by atoms with E-state index in [1.807, 2.05) is 31.3 Å². The van der Waals surface area contributed by atoms with Crippen molar-refractivity contribution in [2.45, 2.75) is 19.8 Å². The molecule has 3 nitrogen and oxygen atoms in total. The highest BCUT2D eigenvalue weighted by Crippen LogP contribution is 2.40. The minimum atomic E-state index is -0.256. The smallest absolute Gasteiger partial charge is 0.340 e. The lowest BCUT2D eigenvalue weighted by atomic mass is 9.95. The highest BCUT2D eigenvalue weighted by Gasteiger charge is 2.21. The first-order valence-electron chi connectivity index (χ1n) is 10.3. The number of benzene rings is 4. The van der Waals surface area contributed by atoms with E-state index in [4.69, 9.17) is 4.74 Å². The van der Waals surface area contributed by atoms with Gasteiger partial charge in [0.15, 0.2) is 0 Å². The Morgan fingerprint density at radius 1 is 0.967 bits per heavy atom. The lowest BCUT2D eigenvalue weighted by Crippen LogP contribution is -2.08. The van der Waals surface area contributed by atoms with Crippen LogP contribution >= 0.6 is 15.9 Å². The number of rotatable bonds is 4. The summed E-state index contributed by atoms with van der Waals surface area (Å²) in [7, 11) is 2.02. The van der Waals surface area contributed by atoms with E-state index in [1.165, 1.54) is 0 Å². The van der Waals surface area contributed by atoms with Crippen molar-refractivity contribution in [1.29, 1.82) is 0 Å². The van der Waals surface area contributed by atoms with Gasteiger partial charge in [-0.05, 0) is 52.2 Å². The molecule has 0 aliphatic carbocycles. The van der Waals surface area contributed by atoms with Crippen LogP contribution in [0.5, 0.6) is 0 Å². The number of halogens is 1. The molecule has 0 amide bonds. The highest BCUT2D eigenvalue weighted by molar-refractivity contribution is 9.10. The molecule has 4 heteroatoms. The molecule has 5 rings (SSSR count). The third-order valence-corrected chi connectivity index (χ3v) is 6.39. The van der Waals surface area contributed by atoms with Gasteiger partial charge in [-0.3, -0.25) is 0 Å². The second-order valence-electron chi connectivity index (χ2n) is 7.74. The quantitative estimate of drug-likeness (QED) is 0.159. The van der Waals surface area contributed by atoms with E-state index < -0.39 is 0 Å². The summed E-state index contributed by atoms with van der Waals surface area (Å²) in [5.41, 5.74) is 2.64. The van der Waals surface area contributed by atoms with E-state index in [0.29, 0.717) is 12.2 Å². The van der Waals surface area contributed by atoms with Gasteiger partial charge >= 0.3 is 5.97 Å². The Bertz CT molecular complexity index is 1450. The van der Waals surface area contributed by atoms with Crippen LogP contribution in [-0.4, -0.2) is 17.1 Å². The van der Waals surface area contributed by atoms with Crippen molar-refractivity contribution in [3.8, 4) is 0 Å². The molecule has 1 aromatic heterocycles. The highest BCUT2D eigenvalue weighted by atomic mass is 79.9. The number of carbonyl (C=O) groups excluding carboxylic acids is 1. The van der Waals surface area contributed by atoms with Gasteiger partial charge in [0.2, 0.25) is 0 Å². The number of hydrogen-bond acceptors (Lipinski definition) is 2. The Labute approximate surface area is 183 Å². The van der Waals surface area contributed by atoms with Gasteiger partial charge in [0.1, 0.15) is 0 Å². The molecule has 30 heavy (non-hydrogen) atoms. The lowest BCUT2D eigenvalue weighted by molar-refractivity contribution is 0.0502. The van der Waals surface area contributed by atoms with Crippen molar-refractivity contribution in [2.75, 3.05) is 6.61 Å². The Morgan fingerprint density at radius 3 is 2.63 bits per heavy atom. The Kier molecular flexibility index (Phi) is 4.75. The Balaban J connectivity index is 1.94. The zero-order valence-corrected chi connectivity index (χ0v) is 18.6. The SMILES string of the molecule is CCCCOC(=O)c1cc2c3ccccc3ccc2c2c3cc(Br)ccc3n(C)c12. The summed E-state index contributed by atoms with van der Waals surface area (Å²) in [6.45, 7) is 2.54. The van der Waals surface area contributed by atoms with Crippen LogP contribution in [0.3, 0.4) is 0 Å². The third-order valence-electron chi connectivity index (χ3n) is 5.90. The largest absolute Gasteiger partial charge is 0.462 e. The van der Waals surface area contributed by atoms with Gasteiger partial charge in [-0.15, -0.1) is 0 Å². The molecular weight excluding hydrogens is 438 g/mol. The van der Waals surface area contributed by atoms with Gasteiger partial charge < -0.3 is 9.30 Å². The van der Waals surface area contributed by atoms with Crippen LogP contribution in [0.25, 0.3) is 43.4 Å². The van der Waals surface area contributed by atoms with Gasteiger partial charge in [0, 0.05) is 27.8 Å². The lowest BCUT2D eigenvalue weighted by Gasteiger charge is -2.12. The number of fused-ring (bicyclic) bond motifs is 7. The summed E-state index contributed by atoms with van der Waals surface area (Å²) in [5.74, 6) is -0.256. The maximum atomic E-state index is 13.2. The fourth-order valence-corrected chi connectivity index (χ4v) is 4.79. The zero-order valence-electron chi connectivity index (χ0n) is 17.0. The Morgan fingerprint density at radius 2 is 1.80 bits per heavy atom. The Hall–Kier alpha value is -2.85. The molecule has 0 fully saturated rings. The summed E-state index contributed by atoms with van der Waals surface area (Å²) in [6.07, 6.45) is 1.86. The fourth-order valence-electron chi connectivity index (χ4n) is 4.43. The van der Waals surface area contributed by atoms with Gasteiger partial charge in [-0.25, -0.2) is 4.79 Å². The van der Waals surface area contributed by atoms with Crippen LogP contribution in [0, 0.1) is 0 Å². The van der Waals surface area contributed by atoms with E-state index >= 15 is 0 Å². The first-order valence-corrected chi connectivity index (χ1v) is 11.1. The maximum absolute atomic E-state index is 13.2. The topological polar surface area (TPSA) is 31.2 Å². The zero-order chi connectivity index (χ0) is 20.8. The van der Waals surface area contributed by atoms with Crippen LogP contribution in [0.4, 0.5) is 0 Å². The van der Waals surface area contributed by atoms with Gasteiger partial charge in [-0.1, -0.05) is 65.7 Å². The predicted molar refractivity (Wildman–Crippen MR) is 128 cm³/mol. The van der Waals surface area contributed by atoms with Crippen molar-refractivity contribution in [3.63, 3.8) is 0 Å². The number of aryl methyl sites for hydroxylation is 1. The second-order valence-corrected chi connectivity index (χ2v) is 8.66. The maximum Gasteiger partial charge on any atom is 0.340 e. The summed E-state index contributed by atoms with van der Waals surface area (Å²) in [5, 5.41) is 6.76.